The number of carbonyl (C=O) groups is 1. The molecule has 128 valence electrons. The number of Topliss-reactive ketones (excluding diaryl/α,β-unsaturated/α-hetero) is 1. The molecule has 1 saturated carbocycles. The van der Waals surface area contributed by atoms with Crippen molar-refractivity contribution in [3.05, 3.63) is 0 Å². The molecule has 0 bridgehead atoms. The van der Waals surface area contributed by atoms with Gasteiger partial charge in [-0.15, -0.1) is 0 Å². The van der Waals surface area contributed by atoms with E-state index in [1.54, 1.807) is 0 Å². The summed E-state index contributed by atoms with van der Waals surface area (Å²) in [6.07, 6.45) is 7.34. The lowest BCUT2D eigenvalue weighted by Crippen LogP contribution is -2.37. The number of nitrogens with one attached hydrogen (secondary N) is 3. The van der Waals surface area contributed by atoms with E-state index in [0.29, 0.717) is 36.1 Å². The Labute approximate surface area is 136 Å². The smallest absolute Gasteiger partial charge is 0.146 e. The summed E-state index contributed by atoms with van der Waals surface area (Å²) < 4.78 is 0. The van der Waals surface area contributed by atoms with Gasteiger partial charge in [0, 0.05) is 12.5 Å². The molecule has 1 saturated heterocycles. The molecule has 2 fully saturated rings. The molecule has 2 rings (SSSR count). The number of carbonyl (C=O) groups excluding carboxylic acids is 1. The van der Waals surface area contributed by atoms with Gasteiger partial charge in [-0.05, 0) is 43.9 Å². The van der Waals surface area contributed by atoms with Crippen molar-refractivity contribution in [1.29, 1.82) is 0 Å². The normalized spacial score (nSPS) is 26.7. The topological polar surface area (TPSA) is 53.2 Å². The maximum atomic E-state index is 12.1. The lowest BCUT2D eigenvalue weighted by Gasteiger charge is -2.22. The average molecular weight is 309 g/mol. The highest BCUT2D eigenvalue weighted by molar-refractivity contribution is 5.80. The molecule has 0 aromatic carbocycles. The van der Waals surface area contributed by atoms with Gasteiger partial charge in [-0.3, -0.25) is 4.79 Å². The molecule has 0 unspecified atom stereocenters. The van der Waals surface area contributed by atoms with E-state index in [1.165, 1.54) is 32.1 Å². The van der Waals surface area contributed by atoms with Gasteiger partial charge in [0.1, 0.15) is 5.78 Å². The van der Waals surface area contributed by atoms with Crippen molar-refractivity contribution < 1.29 is 4.79 Å². The molecule has 0 radical (unpaired) electrons. The van der Waals surface area contributed by atoms with Crippen LogP contribution in [0.1, 0.15) is 52.4 Å². The fraction of sp³-hybridized carbons (Fsp3) is 0.944. The fourth-order valence-electron chi connectivity index (χ4n) is 3.83. The van der Waals surface area contributed by atoms with Gasteiger partial charge in [-0.1, -0.05) is 46.0 Å². The number of hydrogen-bond donors (Lipinski definition) is 3. The molecule has 3 N–H and O–H groups in total. The van der Waals surface area contributed by atoms with Crippen molar-refractivity contribution in [2.45, 2.75) is 58.4 Å². The second-order valence-corrected chi connectivity index (χ2v) is 7.62. The molecular weight excluding hydrogens is 274 g/mol. The highest BCUT2D eigenvalue weighted by Crippen LogP contribution is 2.26. The molecule has 2 aliphatic rings. The highest BCUT2D eigenvalue weighted by atomic mass is 16.1. The van der Waals surface area contributed by atoms with E-state index in [9.17, 15) is 4.79 Å². The Morgan fingerprint density at radius 2 is 1.77 bits per heavy atom. The predicted molar refractivity (Wildman–Crippen MR) is 92.1 cm³/mol. The molecule has 1 aliphatic carbocycles. The van der Waals surface area contributed by atoms with Crippen LogP contribution in [-0.4, -0.2) is 44.5 Å². The van der Waals surface area contributed by atoms with Gasteiger partial charge in [0.25, 0.3) is 0 Å². The Kier molecular flexibility index (Phi) is 7.84. The molecule has 1 heterocycles. The zero-order chi connectivity index (χ0) is 15.8. The third kappa shape index (κ3) is 6.35. The van der Waals surface area contributed by atoms with E-state index in [-0.39, 0.29) is 0 Å². The predicted octanol–water partition coefficient (Wildman–Crippen LogP) is 1.95. The Morgan fingerprint density at radius 3 is 2.45 bits per heavy atom. The summed E-state index contributed by atoms with van der Waals surface area (Å²) in [5, 5.41) is 10.4. The van der Waals surface area contributed by atoms with Crippen molar-refractivity contribution in [3.63, 3.8) is 0 Å². The van der Waals surface area contributed by atoms with Crippen LogP contribution in [0.5, 0.6) is 0 Å². The van der Waals surface area contributed by atoms with Crippen LogP contribution in [0.4, 0.5) is 0 Å². The second-order valence-electron chi connectivity index (χ2n) is 7.62. The third-order valence-electron chi connectivity index (χ3n) is 5.24. The van der Waals surface area contributed by atoms with Crippen molar-refractivity contribution >= 4 is 5.78 Å². The maximum absolute atomic E-state index is 12.1. The summed E-state index contributed by atoms with van der Waals surface area (Å²) in [6, 6.07) is 0.547. The fourth-order valence-corrected chi connectivity index (χ4v) is 3.83. The lowest BCUT2D eigenvalue weighted by molar-refractivity contribution is -0.119. The average Bonchev–Trinajstić information content (AvgIpc) is 2.93. The van der Waals surface area contributed by atoms with E-state index in [0.717, 1.165) is 32.6 Å². The third-order valence-corrected chi connectivity index (χ3v) is 5.24. The van der Waals surface area contributed by atoms with E-state index in [1.807, 2.05) is 0 Å². The number of rotatable bonds is 9. The Hall–Kier alpha value is -0.450. The summed E-state index contributed by atoms with van der Waals surface area (Å²) in [7, 11) is 0. The molecule has 4 heteroatoms. The van der Waals surface area contributed by atoms with Crippen molar-refractivity contribution in [1.82, 2.24) is 16.0 Å². The van der Waals surface area contributed by atoms with Crippen LogP contribution in [0.2, 0.25) is 0 Å². The number of hydrogen-bond acceptors (Lipinski definition) is 4. The summed E-state index contributed by atoms with van der Waals surface area (Å²) >= 11 is 0. The van der Waals surface area contributed by atoms with Crippen LogP contribution < -0.4 is 16.0 Å². The van der Waals surface area contributed by atoms with Gasteiger partial charge in [0.2, 0.25) is 0 Å². The standard InChI is InChI=1S/C18H35N3O/c1-14(2)21-12-17-11-19-9-16(17)10-20-13-18(22)8-15-6-4-3-5-7-15/h14-17,19-21H,3-13H2,1-2H3/t16-,17+/m0/s1. The monoisotopic (exact) mass is 309 g/mol. The van der Waals surface area contributed by atoms with Crippen LogP contribution in [-0.2, 0) is 4.79 Å². The largest absolute Gasteiger partial charge is 0.316 e. The lowest BCUT2D eigenvalue weighted by atomic mass is 9.86. The van der Waals surface area contributed by atoms with Crippen LogP contribution in [0, 0.1) is 17.8 Å². The first-order valence-electron chi connectivity index (χ1n) is 9.31. The molecule has 0 aromatic heterocycles. The summed E-state index contributed by atoms with van der Waals surface area (Å²) in [4.78, 5) is 12.1. The van der Waals surface area contributed by atoms with E-state index >= 15 is 0 Å². The molecule has 2 atom stereocenters. The minimum Gasteiger partial charge on any atom is -0.316 e. The molecule has 0 spiro atoms. The summed E-state index contributed by atoms with van der Waals surface area (Å²) in [5.41, 5.74) is 0. The highest BCUT2D eigenvalue weighted by Gasteiger charge is 2.26. The van der Waals surface area contributed by atoms with Gasteiger partial charge >= 0.3 is 0 Å². The molecule has 0 amide bonds. The van der Waals surface area contributed by atoms with Crippen molar-refractivity contribution in [2.24, 2.45) is 17.8 Å². The minimum absolute atomic E-state index is 0.412. The van der Waals surface area contributed by atoms with Crippen molar-refractivity contribution in [2.75, 3.05) is 32.7 Å². The first kappa shape index (κ1) is 17.9. The summed E-state index contributed by atoms with van der Waals surface area (Å²) in [6.45, 7) is 9.17. The zero-order valence-corrected chi connectivity index (χ0v) is 14.5. The quantitative estimate of drug-likeness (QED) is 0.609. The van der Waals surface area contributed by atoms with Gasteiger partial charge in [0.05, 0.1) is 6.54 Å². The van der Waals surface area contributed by atoms with E-state index < -0.39 is 0 Å². The van der Waals surface area contributed by atoms with Gasteiger partial charge in [-0.25, -0.2) is 0 Å². The Bertz CT molecular complexity index is 326. The Balaban J connectivity index is 1.59. The van der Waals surface area contributed by atoms with Crippen LogP contribution in [0.25, 0.3) is 0 Å². The SMILES string of the molecule is CC(C)NC[C@H]1CNC[C@H]1CNCC(=O)CC1CCCCC1. The first-order chi connectivity index (χ1) is 10.6. The number of ketones is 1. The van der Waals surface area contributed by atoms with E-state index in [4.69, 9.17) is 0 Å². The first-order valence-corrected chi connectivity index (χ1v) is 9.31. The maximum Gasteiger partial charge on any atom is 0.146 e. The van der Waals surface area contributed by atoms with Gasteiger partial charge < -0.3 is 16.0 Å². The molecule has 22 heavy (non-hydrogen) atoms. The van der Waals surface area contributed by atoms with Gasteiger partial charge in [0.15, 0.2) is 0 Å². The Morgan fingerprint density at radius 1 is 1.09 bits per heavy atom. The van der Waals surface area contributed by atoms with E-state index in [2.05, 4.69) is 29.8 Å². The summed E-state index contributed by atoms with van der Waals surface area (Å²) in [5.74, 6) is 2.41. The molecule has 1 aliphatic heterocycles. The van der Waals surface area contributed by atoms with Crippen LogP contribution in [0.3, 0.4) is 0 Å². The molecule has 0 aromatic rings. The van der Waals surface area contributed by atoms with Crippen LogP contribution in [0.15, 0.2) is 0 Å². The van der Waals surface area contributed by atoms with Gasteiger partial charge in [-0.2, -0.15) is 0 Å². The zero-order valence-electron chi connectivity index (χ0n) is 14.5. The van der Waals surface area contributed by atoms with Crippen LogP contribution >= 0.6 is 0 Å². The second kappa shape index (κ2) is 9.64. The minimum atomic E-state index is 0.412. The molecule has 4 nitrogen and oxygen atoms in total. The van der Waals surface area contributed by atoms with Crippen molar-refractivity contribution in [3.8, 4) is 0 Å². The molecular formula is C18H35N3O.